The van der Waals surface area contributed by atoms with Crippen molar-refractivity contribution in [2.45, 2.75) is 19.5 Å². The molecule has 0 fully saturated rings. The quantitative estimate of drug-likeness (QED) is 0.686. The minimum atomic E-state index is 0.406. The van der Waals surface area contributed by atoms with E-state index in [2.05, 4.69) is 46.7 Å². The van der Waals surface area contributed by atoms with Gasteiger partial charge in [-0.1, -0.05) is 6.07 Å². The van der Waals surface area contributed by atoms with Crippen molar-refractivity contribution in [1.29, 1.82) is 0 Å². The largest absolute Gasteiger partial charge is 0.462 e. The van der Waals surface area contributed by atoms with Crippen LogP contribution >= 0.6 is 22.7 Å². The highest BCUT2D eigenvalue weighted by Gasteiger charge is 2.15. The summed E-state index contributed by atoms with van der Waals surface area (Å²) in [4.78, 5) is 8.34. The highest BCUT2D eigenvalue weighted by Crippen LogP contribution is 2.27. The fraction of sp³-hybridized carbons (Fsp3) is 0.267. The van der Waals surface area contributed by atoms with Gasteiger partial charge in [0.05, 0.1) is 12.0 Å². The smallest absolute Gasteiger partial charge is 0.162 e. The molecule has 0 saturated carbocycles. The summed E-state index contributed by atoms with van der Waals surface area (Å²) in [5, 5.41) is 5.18. The second-order valence-corrected chi connectivity index (χ2v) is 6.57. The fourth-order valence-electron chi connectivity index (χ4n) is 2.03. The van der Waals surface area contributed by atoms with Crippen molar-refractivity contribution in [3.63, 3.8) is 0 Å². The fourth-order valence-corrected chi connectivity index (χ4v) is 3.66. The second kappa shape index (κ2) is 5.91. The van der Waals surface area contributed by atoms with E-state index in [0.29, 0.717) is 6.04 Å². The molecular weight excluding hydrogens is 288 g/mol. The van der Waals surface area contributed by atoms with Crippen LogP contribution in [0.4, 0.5) is 0 Å². The molecule has 3 rings (SSSR count). The van der Waals surface area contributed by atoms with Crippen LogP contribution in [-0.2, 0) is 6.54 Å². The predicted octanol–water partition coefficient (Wildman–Crippen LogP) is 4.66. The monoisotopic (exact) mass is 304 g/mol. The maximum atomic E-state index is 5.38. The summed E-state index contributed by atoms with van der Waals surface area (Å²) in [6.45, 7) is 3.07. The van der Waals surface area contributed by atoms with Gasteiger partial charge >= 0.3 is 0 Å². The van der Waals surface area contributed by atoms with E-state index < -0.39 is 0 Å². The van der Waals surface area contributed by atoms with Crippen molar-refractivity contribution >= 4 is 22.7 Å². The summed E-state index contributed by atoms with van der Waals surface area (Å²) in [7, 11) is 2.14. The molecule has 0 bridgehead atoms. The van der Waals surface area contributed by atoms with Gasteiger partial charge < -0.3 is 4.42 Å². The number of thiophene rings is 1. The molecule has 3 nitrogen and oxygen atoms in total. The number of nitrogens with zero attached hydrogens (tertiary/aromatic N) is 2. The van der Waals surface area contributed by atoms with Gasteiger partial charge in [-0.15, -0.1) is 22.7 Å². The third-order valence-corrected chi connectivity index (χ3v) is 5.26. The summed E-state index contributed by atoms with van der Waals surface area (Å²) in [5.74, 6) is 0.843. The molecule has 3 heterocycles. The first-order chi connectivity index (χ1) is 9.74. The number of hydrogen-bond acceptors (Lipinski definition) is 5. The van der Waals surface area contributed by atoms with Crippen LogP contribution < -0.4 is 0 Å². The lowest BCUT2D eigenvalue weighted by Crippen LogP contribution is -2.21. The zero-order valence-corrected chi connectivity index (χ0v) is 13.1. The average molecular weight is 304 g/mol. The molecule has 0 radical (unpaired) electrons. The molecule has 0 aliphatic rings. The Morgan fingerprint density at radius 3 is 2.90 bits per heavy atom. The minimum absolute atomic E-state index is 0.406. The Hall–Kier alpha value is -1.43. The van der Waals surface area contributed by atoms with Gasteiger partial charge in [0, 0.05) is 22.8 Å². The van der Waals surface area contributed by atoms with Crippen LogP contribution in [0.2, 0.25) is 0 Å². The predicted molar refractivity (Wildman–Crippen MR) is 84.0 cm³/mol. The Balaban J connectivity index is 1.69. The Bertz CT molecular complexity index is 643. The molecule has 104 valence electrons. The molecule has 0 aliphatic carbocycles. The van der Waals surface area contributed by atoms with E-state index in [9.17, 15) is 0 Å². The van der Waals surface area contributed by atoms with Crippen LogP contribution in [0.15, 0.2) is 45.7 Å². The second-order valence-electron chi connectivity index (χ2n) is 4.73. The molecule has 20 heavy (non-hydrogen) atoms. The topological polar surface area (TPSA) is 29.3 Å². The number of furan rings is 1. The zero-order chi connectivity index (χ0) is 13.9. The van der Waals surface area contributed by atoms with E-state index in [-0.39, 0.29) is 0 Å². The van der Waals surface area contributed by atoms with Crippen molar-refractivity contribution in [2.75, 3.05) is 7.05 Å². The summed E-state index contributed by atoms with van der Waals surface area (Å²) < 4.78 is 5.38. The third-order valence-electron chi connectivity index (χ3n) is 3.31. The first-order valence-corrected chi connectivity index (χ1v) is 8.22. The zero-order valence-electron chi connectivity index (χ0n) is 11.4. The normalized spacial score (nSPS) is 12.9. The maximum Gasteiger partial charge on any atom is 0.162 e. The lowest BCUT2D eigenvalue weighted by Gasteiger charge is -2.22. The maximum absolute atomic E-state index is 5.38. The van der Waals surface area contributed by atoms with Crippen molar-refractivity contribution in [2.24, 2.45) is 0 Å². The third kappa shape index (κ3) is 2.85. The minimum Gasteiger partial charge on any atom is -0.462 e. The molecule has 0 spiro atoms. The molecule has 5 heteroatoms. The Labute approximate surface area is 126 Å². The van der Waals surface area contributed by atoms with Crippen molar-refractivity contribution < 1.29 is 4.42 Å². The lowest BCUT2D eigenvalue weighted by atomic mass is 10.2. The van der Waals surface area contributed by atoms with E-state index >= 15 is 0 Å². The van der Waals surface area contributed by atoms with E-state index in [1.54, 1.807) is 28.9 Å². The molecule has 0 saturated heterocycles. The standard InChI is InChI=1S/C15H16N2OS2/c1-11(14-6-4-8-19-14)17(2)9-12-10-20-15(16-12)13-5-3-7-18-13/h3-8,10-11H,9H2,1-2H3. The van der Waals surface area contributed by atoms with E-state index in [1.165, 1.54) is 4.88 Å². The molecule has 0 aliphatic heterocycles. The summed E-state index contributed by atoms with van der Waals surface area (Å²) in [6.07, 6.45) is 1.68. The van der Waals surface area contributed by atoms with Gasteiger partial charge in [0.1, 0.15) is 0 Å². The molecule has 0 aromatic carbocycles. The molecule has 1 atom stereocenters. The van der Waals surface area contributed by atoms with Gasteiger partial charge in [-0.3, -0.25) is 4.90 Å². The molecule has 0 N–H and O–H groups in total. The summed E-state index contributed by atoms with van der Waals surface area (Å²) in [6, 6.07) is 8.52. The van der Waals surface area contributed by atoms with Gasteiger partial charge in [-0.05, 0) is 37.6 Å². The van der Waals surface area contributed by atoms with Crippen LogP contribution in [0, 0.1) is 0 Å². The van der Waals surface area contributed by atoms with Gasteiger partial charge in [-0.25, -0.2) is 4.98 Å². The molecular formula is C15H16N2OS2. The van der Waals surface area contributed by atoms with Gasteiger partial charge in [0.15, 0.2) is 10.8 Å². The molecule has 0 amide bonds. The Morgan fingerprint density at radius 2 is 2.20 bits per heavy atom. The number of thiazole rings is 1. The SMILES string of the molecule is CC(c1cccs1)N(C)Cc1csc(-c2ccco2)n1. The molecule has 3 aromatic heterocycles. The number of aromatic nitrogens is 1. The van der Waals surface area contributed by atoms with E-state index in [1.807, 2.05) is 12.1 Å². The highest BCUT2D eigenvalue weighted by molar-refractivity contribution is 7.13. The number of hydrogen-bond donors (Lipinski definition) is 0. The van der Waals surface area contributed by atoms with Crippen molar-refractivity contribution in [3.05, 3.63) is 51.9 Å². The average Bonchev–Trinajstić information content (AvgIpc) is 3.19. The van der Waals surface area contributed by atoms with Crippen LogP contribution in [0.25, 0.3) is 10.8 Å². The highest BCUT2D eigenvalue weighted by atomic mass is 32.1. The van der Waals surface area contributed by atoms with Gasteiger partial charge in [0.25, 0.3) is 0 Å². The summed E-state index contributed by atoms with van der Waals surface area (Å²) in [5.41, 5.74) is 1.09. The number of rotatable bonds is 5. The first kappa shape index (κ1) is 13.5. The Kier molecular flexibility index (Phi) is 4.00. The van der Waals surface area contributed by atoms with Crippen LogP contribution in [0.5, 0.6) is 0 Å². The lowest BCUT2D eigenvalue weighted by molar-refractivity contribution is 0.254. The molecule has 3 aromatic rings. The van der Waals surface area contributed by atoms with Crippen LogP contribution in [0.1, 0.15) is 23.5 Å². The van der Waals surface area contributed by atoms with Gasteiger partial charge in [0.2, 0.25) is 0 Å². The van der Waals surface area contributed by atoms with Crippen LogP contribution in [-0.4, -0.2) is 16.9 Å². The van der Waals surface area contributed by atoms with Crippen molar-refractivity contribution in [3.8, 4) is 10.8 Å². The van der Waals surface area contributed by atoms with Crippen molar-refractivity contribution in [1.82, 2.24) is 9.88 Å². The van der Waals surface area contributed by atoms with E-state index in [4.69, 9.17) is 4.42 Å². The van der Waals surface area contributed by atoms with Crippen LogP contribution in [0.3, 0.4) is 0 Å². The first-order valence-electron chi connectivity index (χ1n) is 6.46. The Morgan fingerprint density at radius 1 is 1.30 bits per heavy atom. The molecule has 1 unspecified atom stereocenters. The summed E-state index contributed by atoms with van der Waals surface area (Å²) >= 11 is 3.43. The van der Waals surface area contributed by atoms with Gasteiger partial charge in [-0.2, -0.15) is 0 Å². The van der Waals surface area contributed by atoms with E-state index in [0.717, 1.165) is 23.0 Å².